The minimum atomic E-state index is -0.420. The molecule has 0 radical (unpaired) electrons. The number of hydrogen-bond donors (Lipinski definition) is 2. The van der Waals surface area contributed by atoms with Gasteiger partial charge in [0.25, 0.3) is 5.91 Å². The van der Waals surface area contributed by atoms with E-state index in [1.54, 1.807) is 31.2 Å². The molecule has 6 heteroatoms. The fourth-order valence-electron chi connectivity index (χ4n) is 1.29. The van der Waals surface area contributed by atoms with Gasteiger partial charge >= 0.3 is 5.97 Å². The van der Waals surface area contributed by atoms with Crippen molar-refractivity contribution in [1.29, 1.82) is 0 Å². The molecule has 1 aromatic rings. The second-order valence-corrected chi connectivity index (χ2v) is 3.82. The van der Waals surface area contributed by atoms with Gasteiger partial charge in [-0.05, 0) is 24.3 Å². The maximum Gasteiger partial charge on any atom is 0.306 e. The smallest absolute Gasteiger partial charge is 0.306 e. The number of carbonyl (C=O) groups excluding carboxylic acids is 3. The second kappa shape index (κ2) is 7.15. The Kier molecular flexibility index (Phi) is 5.53. The fourth-order valence-corrected chi connectivity index (χ4v) is 1.29. The standard InChI is InChI=1S/C13H16N2O4/c1-3-13(18)19-8-12(17)15-11-6-4-10(5-7-11)14-9(2)16/h4-7H,3,8H2,1-2H3,(H,14,16)(H,15,17). The number of anilines is 2. The first-order chi connectivity index (χ1) is 9.01. The predicted octanol–water partition coefficient (Wildman–Crippen LogP) is 1.54. The SMILES string of the molecule is CCC(=O)OCC(=O)Nc1ccc(NC(C)=O)cc1. The molecule has 0 aliphatic carbocycles. The third-order valence-corrected chi connectivity index (χ3v) is 2.14. The lowest BCUT2D eigenvalue weighted by Gasteiger charge is -2.07. The van der Waals surface area contributed by atoms with E-state index in [1.165, 1.54) is 6.92 Å². The summed E-state index contributed by atoms with van der Waals surface area (Å²) in [5.41, 5.74) is 1.20. The fraction of sp³-hybridized carbons (Fsp3) is 0.308. The van der Waals surface area contributed by atoms with Gasteiger partial charge in [0, 0.05) is 24.7 Å². The van der Waals surface area contributed by atoms with Crippen molar-refractivity contribution in [3.05, 3.63) is 24.3 Å². The highest BCUT2D eigenvalue weighted by Gasteiger charge is 2.06. The number of ether oxygens (including phenoxy) is 1. The predicted molar refractivity (Wildman–Crippen MR) is 70.6 cm³/mol. The van der Waals surface area contributed by atoms with E-state index >= 15 is 0 Å². The van der Waals surface area contributed by atoms with E-state index in [0.29, 0.717) is 11.4 Å². The van der Waals surface area contributed by atoms with Gasteiger partial charge in [-0.15, -0.1) is 0 Å². The number of carbonyl (C=O) groups is 3. The minimum absolute atomic E-state index is 0.164. The molecule has 0 spiro atoms. The topological polar surface area (TPSA) is 84.5 Å². The van der Waals surface area contributed by atoms with Gasteiger partial charge < -0.3 is 15.4 Å². The maximum absolute atomic E-state index is 11.4. The highest BCUT2D eigenvalue weighted by molar-refractivity contribution is 5.93. The summed E-state index contributed by atoms with van der Waals surface area (Å²) in [6.07, 6.45) is 0.235. The van der Waals surface area contributed by atoms with E-state index in [9.17, 15) is 14.4 Å². The van der Waals surface area contributed by atoms with Crippen LogP contribution in [0.25, 0.3) is 0 Å². The van der Waals surface area contributed by atoms with Gasteiger partial charge in [-0.3, -0.25) is 14.4 Å². The van der Waals surface area contributed by atoms with Crippen LogP contribution in [0.3, 0.4) is 0 Å². The molecule has 1 aromatic carbocycles. The Morgan fingerprint density at radius 1 is 1.05 bits per heavy atom. The van der Waals surface area contributed by atoms with Crippen LogP contribution in [-0.4, -0.2) is 24.4 Å². The van der Waals surface area contributed by atoms with Crippen molar-refractivity contribution in [2.75, 3.05) is 17.2 Å². The molecule has 2 amide bonds. The zero-order chi connectivity index (χ0) is 14.3. The van der Waals surface area contributed by atoms with Crippen molar-refractivity contribution in [2.24, 2.45) is 0 Å². The number of nitrogens with one attached hydrogen (secondary N) is 2. The lowest BCUT2D eigenvalue weighted by molar-refractivity contribution is -0.146. The molecule has 0 unspecified atom stereocenters. The lowest BCUT2D eigenvalue weighted by atomic mass is 10.2. The quantitative estimate of drug-likeness (QED) is 0.790. The highest BCUT2D eigenvalue weighted by Crippen LogP contribution is 2.13. The first-order valence-corrected chi connectivity index (χ1v) is 5.84. The normalized spacial score (nSPS) is 9.58. The Labute approximate surface area is 111 Å². The molecule has 0 bridgehead atoms. The van der Waals surface area contributed by atoms with Gasteiger partial charge in [0.1, 0.15) is 0 Å². The number of amides is 2. The molecule has 1 rings (SSSR count). The zero-order valence-electron chi connectivity index (χ0n) is 10.9. The van der Waals surface area contributed by atoms with Gasteiger partial charge in [-0.25, -0.2) is 0 Å². The van der Waals surface area contributed by atoms with Crippen molar-refractivity contribution in [2.45, 2.75) is 20.3 Å². The van der Waals surface area contributed by atoms with Gasteiger partial charge in [0.05, 0.1) is 0 Å². The van der Waals surface area contributed by atoms with Gasteiger partial charge in [-0.2, -0.15) is 0 Å². The monoisotopic (exact) mass is 264 g/mol. The summed E-state index contributed by atoms with van der Waals surface area (Å²) in [5, 5.41) is 5.19. The summed E-state index contributed by atoms with van der Waals surface area (Å²) in [6, 6.07) is 6.61. The Hall–Kier alpha value is -2.37. The summed E-state index contributed by atoms with van der Waals surface area (Å²) >= 11 is 0. The molecular formula is C13H16N2O4. The molecule has 0 saturated heterocycles. The molecule has 19 heavy (non-hydrogen) atoms. The van der Waals surface area contributed by atoms with Gasteiger partial charge in [0.15, 0.2) is 6.61 Å². The Morgan fingerprint density at radius 3 is 2.05 bits per heavy atom. The number of rotatable bonds is 5. The minimum Gasteiger partial charge on any atom is -0.456 e. The second-order valence-electron chi connectivity index (χ2n) is 3.82. The van der Waals surface area contributed by atoms with Crippen LogP contribution in [0.5, 0.6) is 0 Å². The summed E-state index contributed by atoms with van der Waals surface area (Å²) in [6.45, 7) is 2.76. The summed E-state index contributed by atoms with van der Waals surface area (Å²) < 4.78 is 4.69. The summed E-state index contributed by atoms with van der Waals surface area (Å²) in [4.78, 5) is 33.1. The van der Waals surface area contributed by atoms with Crippen LogP contribution < -0.4 is 10.6 Å². The van der Waals surface area contributed by atoms with E-state index in [2.05, 4.69) is 10.6 Å². The van der Waals surface area contributed by atoms with Gasteiger partial charge in [-0.1, -0.05) is 6.92 Å². The first kappa shape index (κ1) is 14.7. The van der Waals surface area contributed by atoms with Crippen LogP contribution in [0, 0.1) is 0 Å². The number of hydrogen-bond acceptors (Lipinski definition) is 4. The third-order valence-electron chi connectivity index (χ3n) is 2.14. The molecule has 0 aliphatic rings. The molecule has 0 saturated carbocycles. The third kappa shape index (κ3) is 5.67. The van der Waals surface area contributed by atoms with E-state index in [0.717, 1.165) is 0 Å². The van der Waals surface area contributed by atoms with Crippen LogP contribution in [-0.2, 0) is 19.1 Å². The highest BCUT2D eigenvalue weighted by atomic mass is 16.5. The Bertz CT molecular complexity index is 468. The van der Waals surface area contributed by atoms with E-state index in [4.69, 9.17) is 4.74 Å². The van der Waals surface area contributed by atoms with Crippen LogP contribution >= 0.6 is 0 Å². The molecule has 0 aliphatic heterocycles. The largest absolute Gasteiger partial charge is 0.456 e. The average Bonchev–Trinajstić information content (AvgIpc) is 2.37. The maximum atomic E-state index is 11.4. The van der Waals surface area contributed by atoms with Crippen LogP contribution in [0.4, 0.5) is 11.4 Å². The summed E-state index contributed by atoms with van der Waals surface area (Å²) in [5.74, 6) is -0.992. The van der Waals surface area contributed by atoms with E-state index in [1.807, 2.05) is 0 Å². The van der Waals surface area contributed by atoms with Gasteiger partial charge in [0.2, 0.25) is 5.91 Å². The molecule has 0 atom stereocenters. The molecule has 0 heterocycles. The van der Waals surface area contributed by atoms with Crippen LogP contribution in [0.15, 0.2) is 24.3 Å². The van der Waals surface area contributed by atoms with Crippen molar-refractivity contribution < 1.29 is 19.1 Å². The number of benzene rings is 1. The van der Waals surface area contributed by atoms with Crippen molar-refractivity contribution in [3.8, 4) is 0 Å². The van der Waals surface area contributed by atoms with Crippen molar-refractivity contribution in [1.82, 2.24) is 0 Å². The molecule has 2 N–H and O–H groups in total. The van der Waals surface area contributed by atoms with E-state index in [-0.39, 0.29) is 18.9 Å². The molecule has 6 nitrogen and oxygen atoms in total. The molecule has 102 valence electrons. The molecule has 0 fully saturated rings. The molecular weight excluding hydrogens is 248 g/mol. The molecule has 0 aromatic heterocycles. The van der Waals surface area contributed by atoms with E-state index < -0.39 is 11.9 Å². The van der Waals surface area contributed by atoms with Crippen molar-refractivity contribution in [3.63, 3.8) is 0 Å². The van der Waals surface area contributed by atoms with Crippen LogP contribution in [0.2, 0.25) is 0 Å². The number of esters is 1. The van der Waals surface area contributed by atoms with Crippen molar-refractivity contribution >= 4 is 29.2 Å². The first-order valence-electron chi connectivity index (χ1n) is 5.84. The van der Waals surface area contributed by atoms with Crippen LogP contribution in [0.1, 0.15) is 20.3 Å². The summed E-state index contributed by atoms with van der Waals surface area (Å²) in [7, 11) is 0. The Balaban J connectivity index is 2.46. The Morgan fingerprint density at radius 2 is 1.58 bits per heavy atom. The zero-order valence-corrected chi connectivity index (χ0v) is 10.9. The average molecular weight is 264 g/mol. The lowest BCUT2D eigenvalue weighted by Crippen LogP contribution is -2.20.